The Morgan fingerprint density at radius 3 is 0.413 bits per heavy atom. The molecule has 0 aromatic rings. The third-order valence-electron chi connectivity index (χ3n) is 0. The minimum absolute atomic E-state index is 0. The molecule has 0 bridgehead atoms. The zero-order chi connectivity index (χ0) is 33.7. The van der Waals surface area contributed by atoms with Gasteiger partial charge in [-0.25, -0.2) is 0 Å². The van der Waals surface area contributed by atoms with E-state index in [0.29, 0.717) is 13.3 Å². The van der Waals surface area contributed by atoms with Gasteiger partial charge in [-0.2, -0.15) is 51.0 Å². The van der Waals surface area contributed by atoms with Crippen molar-refractivity contribution < 1.29 is 242 Å². The average Bonchev–Trinajstić information content (AvgIpc) is 2.90. The van der Waals surface area contributed by atoms with Gasteiger partial charge in [0, 0.05) is 303 Å². The number of hydrogen-bond acceptors (Lipinski definition) is 7. The predicted molar refractivity (Wildman–Crippen MR) is 281 cm³/mol. The molecule has 0 N–H and O–H groups in total. The molecule has 7 radical (unpaired) electrons. The van der Waals surface area contributed by atoms with Crippen LogP contribution in [-0.2, 0) is 314 Å². The minimum atomic E-state index is 0. The van der Waals surface area contributed by atoms with Crippen LogP contribution in [0.5, 0.6) is 0 Å². The summed E-state index contributed by atoms with van der Waals surface area (Å²) < 4.78 is 0. The fourth-order valence-corrected chi connectivity index (χ4v) is 0. The molecule has 22 heteroatoms. The maximum absolute atomic E-state index is 4.08. The van der Waals surface area contributed by atoms with E-state index in [9.17, 15) is 0 Å². The quantitative estimate of drug-likeness (QED) is 0.0769. The Bertz CT molecular complexity index is 105. The molecule has 0 heterocycles. The van der Waals surface area contributed by atoms with Gasteiger partial charge in [0.15, 0.2) is 0 Å². The number of thiol groups is 1. The van der Waals surface area contributed by atoms with Gasteiger partial charge in [-0.3, -0.25) is 0 Å². The van der Waals surface area contributed by atoms with E-state index in [4.69, 9.17) is 0 Å². The van der Waals surface area contributed by atoms with Crippen molar-refractivity contribution in [2.75, 3.05) is 12.5 Å². The molecule has 46 heavy (non-hydrogen) atoms. The van der Waals surface area contributed by atoms with Crippen LogP contribution in [0.4, 0.5) is 0 Å². The fraction of sp³-hybridized carbons (Fsp3) is 0.708. The molecule has 0 spiro atoms. The summed E-state index contributed by atoms with van der Waals surface area (Å²) in [6, 6.07) is 0. The second-order valence-corrected chi connectivity index (χ2v) is 20.0. The Hall–Kier alpha value is 16.0. The van der Waals surface area contributed by atoms with Crippen molar-refractivity contribution in [1.29, 1.82) is 0 Å². The van der Waals surface area contributed by atoms with Gasteiger partial charge in [0.05, 0.1) is 0 Å². The summed E-state index contributed by atoms with van der Waals surface area (Å²) in [5.74, 6) is 0. The molecular formula is C24H61I8S7Y7-15. The Kier molecular flexibility index (Phi) is 1320. The number of halogens is 8. The van der Waals surface area contributed by atoms with E-state index in [-0.39, 0.29) is 274 Å². The van der Waals surface area contributed by atoms with Gasteiger partial charge >= 0.3 is 50.5 Å². The van der Waals surface area contributed by atoms with Crippen molar-refractivity contribution in [1.82, 2.24) is 0 Å². The van der Waals surface area contributed by atoms with Crippen molar-refractivity contribution in [2.45, 2.75) is 100 Å². The van der Waals surface area contributed by atoms with Gasteiger partial charge in [0.2, 0.25) is 0 Å². The van der Waals surface area contributed by atoms with E-state index in [1.54, 1.807) is 12.5 Å². The summed E-state index contributed by atoms with van der Waals surface area (Å²) in [7, 11) is 0. The second kappa shape index (κ2) is 381. The van der Waals surface area contributed by atoms with Gasteiger partial charge in [0.1, 0.15) is 0 Å². The van der Waals surface area contributed by atoms with Gasteiger partial charge < -0.3 is 134 Å². The number of hydrogen-bond donors (Lipinski definition) is 0. The van der Waals surface area contributed by atoms with Gasteiger partial charge in [-0.1, -0.05) is 61.8 Å². The standard InChI is InChI=1S/C3H8.6C3H7.2CH4S.CH3.I3.2I2.HI.2S2.H2S.7Y/c7*1-3-2;2*1-2;;1-3-2;2*1-2;;2*1-2;;;;;;;;/h3H2,1-2H3;6*1,3H2,2H3;2*2H,1H3;1H3;;;;1H;;;1H2;;;;;;;/q;6*-1;;;2*-1;;;;2*-2;;;;;;;;/p-3. The Balaban J connectivity index is -0.00000000508. The van der Waals surface area contributed by atoms with Gasteiger partial charge in [-0.15, -0.1) is 24.0 Å². The molecule has 0 fully saturated rings. The summed E-state index contributed by atoms with van der Waals surface area (Å²) >= 11 is 36.6. The van der Waals surface area contributed by atoms with Crippen molar-refractivity contribution in [3.8, 4) is 0 Å². The maximum Gasteiger partial charge on any atom is 0 e. The third kappa shape index (κ3) is 815. The first-order valence-corrected chi connectivity index (χ1v) is 39.8. The van der Waals surface area contributed by atoms with Crippen LogP contribution in [0.15, 0.2) is 0 Å². The molecule has 0 aliphatic carbocycles. The van der Waals surface area contributed by atoms with E-state index in [2.05, 4.69) is 239 Å². The van der Waals surface area contributed by atoms with Crippen molar-refractivity contribution >= 4 is 221 Å². The molecule has 0 amide bonds. The minimum Gasteiger partial charge on any atom is -1.00 e. The summed E-state index contributed by atoms with van der Waals surface area (Å²) in [6.45, 7) is 37.2. The van der Waals surface area contributed by atoms with Crippen molar-refractivity contribution in [2.24, 2.45) is 0 Å². The second-order valence-electron chi connectivity index (χ2n) is 3.76. The molecule has 0 aromatic carbocycles. The first-order chi connectivity index (χ1) is 17.3. The molecule has 0 aromatic heterocycles. The SMILES string of the molecule is CCC.C[S-].C[S-].I.II.II.I[I-]I.[CH2-]CC.[CH2-]CC.[CH2-]CC.[CH2-]CC.[CH2-]CC.[CH2-]CC.[CH3-].[S-][S-].[S-][S-].[SH-].[Y].[Y].[Y].[Y].[Y].[Y].[Y]. The van der Waals surface area contributed by atoms with E-state index in [1.807, 2.05) is 41.5 Å². The van der Waals surface area contributed by atoms with E-state index >= 15 is 0 Å². The summed E-state index contributed by atoms with van der Waals surface area (Å²) in [5, 5.41) is 0. The molecule has 0 saturated carbocycles. The summed E-state index contributed by atoms with van der Waals surface area (Å²) in [4.78, 5) is 0. The maximum atomic E-state index is 4.08. The van der Waals surface area contributed by atoms with Crippen LogP contribution in [0.2, 0.25) is 0 Å². The Morgan fingerprint density at radius 1 is 0.413 bits per heavy atom. The van der Waals surface area contributed by atoms with E-state index in [0.717, 1.165) is 38.5 Å². The first kappa shape index (κ1) is 160. The molecule has 0 aliphatic rings. The van der Waals surface area contributed by atoms with Crippen molar-refractivity contribution in [3.63, 3.8) is 0 Å². The van der Waals surface area contributed by atoms with Crippen LogP contribution in [0, 0.1) is 49.0 Å². The van der Waals surface area contributed by atoms with Crippen LogP contribution in [-0.4, -0.2) is 12.5 Å². The predicted octanol–water partition coefficient (Wildman–Crippen LogP) is 12.2. The molecule has 0 aliphatic heterocycles. The van der Waals surface area contributed by atoms with E-state index < -0.39 is 0 Å². The monoisotopic (exact) mass is 2210 g/mol. The number of rotatable bonds is 0. The summed E-state index contributed by atoms with van der Waals surface area (Å²) in [5.41, 5.74) is 0. The van der Waals surface area contributed by atoms with Crippen LogP contribution < -0.4 is 13.3 Å². The molecular weight excluding hydrogens is 2150 g/mol. The van der Waals surface area contributed by atoms with Crippen LogP contribution >= 0.6 is 136 Å². The molecule has 291 valence electrons. The first-order valence-electron chi connectivity index (χ1n) is 10.4. The molecule has 0 atom stereocenters. The summed E-state index contributed by atoms with van der Waals surface area (Å²) in [6.07, 6.45) is 10.4. The van der Waals surface area contributed by atoms with Crippen LogP contribution in [0.1, 0.15) is 100 Å². The molecule has 0 unspecified atom stereocenters. The zero-order valence-corrected chi connectivity index (χ0v) is 73.3. The van der Waals surface area contributed by atoms with E-state index in [1.165, 1.54) is 6.42 Å². The fourth-order valence-electron chi connectivity index (χ4n) is 0. The normalized spacial score (nSPS) is 4.00. The smallest absolute Gasteiger partial charge is 0 e. The van der Waals surface area contributed by atoms with Crippen LogP contribution in [0.25, 0.3) is 0 Å². The Morgan fingerprint density at radius 2 is 0.413 bits per heavy atom. The average molecular weight is 2210 g/mol. The molecule has 0 rings (SSSR count). The zero-order valence-electron chi connectivity index (χ0n) is 30.2. The topological polar surface area (TPSA) is 0 Å². The van der Waals surface area contributed by atoms with Gasteiger partial charge in [0.25, 0.3) is 0 Å². The Labute approximate surface area is 607 Å². The van der Waals surface area contributed by atoms with Crippen LogP contribution in [0.3, 0.4) is 0 Å². The molecule has 0 saturated heterocycles. The van der Waals surface area contributed by atoms with Gasteiger partial charge in [-0.05, 0) is 0 Å². The third-order valence-corrected chi connectivity index (χ3v) is 0. The molecule has 0 nitrogen and oxygen atoms in total. The van der Waals surface area contributed by atoms with Crippen molar-refractivity contribution in [3.05, 3.63) is 49.0 Å². The largest absolute Gasteiger partial charge is 1.00 e.